The average Bonchev–Trinajstić information content (AvgIpc) is 3.10. The van der Waals surface area contributed by atoms with Crippen molar-refractivity contribution < 1.29 is 9.53 Å². The molecule has 92 valence electrons. The van der Waals surface area contributed by atoms with Crippen molar-refractivity contribution in [2.45, 2.75) is 12.8 Å². The normalized spacial score (nSPS) is 14.7. The van der Waals surface area contributed by atoms with Crippen LogP contribution >= 0.6 is 11.6 Å². The second kappa shape index (κ2) is 5.52. The number of ether oxygens (including phenoxy) is 1. The Bertz CT molecular complexity index is 416. The monoisotopic (exact) mass is 253 g/mol. The highest BCUT2D eigenvalue weighted by molar-refractivity contribution is 6.31. The van der Waals surface area contributed by atoms with Gasteiger partial charge in [-0.05, 0) is 44.0 Å². The van der Waals surface area contributed by atoms with Gasteiger partial charge in [-0.2, -0.15) is 0 Å². The molecule has 0 radical (unpaired) electrons. The number of nitrogens with one attached hydrogen (secondary N) is 1. The Labute approximate surface area is 106 Å². The zero-order valence-electron chi connectivity index (χ0n) is 9.83. The number of rotatable bonds is 6. The Morgan fingerprint density at radius 2 is 2.24 bits per heavy atom. The molecule has 0 saturated heterocycles. The van der Waals surface area contributed by atoms with E-state index < -0.39 is 0 Å². The first-order valence-electron chi connectivity index (χ1n) is 5.80. The van der Waals surface area contributed by atoms with Crippen LogP contribution in [0, 0.1) is 5.92 Å². The maximum absolute atomic E-state index is 11.7. The number of benzene rings is 1. The number of Topliss-reactive ketones (excluding diaryl/α,β-unsaturated/α-hetero) is 1. The molecule has 2 rings (SSSR count). The maximum Gasteiger partial charge on any atom is 0.176 e. The quantitative estimate of drug-likeness (QED) is 0.792. The van der Waals surface area contributed by atoms with Gasteiger partial charge in [-0.25, -0.2) is 0 Å². The Kier molecular flexibility index (Phi) is 4.02. The van der Waals surface area contributed by atoms with E-state index >= 15 is 0 Å². The summed E-state index contributed by atoms with van der Waals surface area (Å²) < 4.78 is 5.62. The van der Waals surface area contributed by atoms with Crippen LogP contribution in [0.25, 0.3) is 0 Å². The molecule has 1 N–H and O–H groups in total. The molecule has 0 unspecified atom stereocenters. The van der Waals surface area contributed by atoms with Crippen LogP contribution in [-0.2, 0) is 0 Å². The maximum atomic E-state index is 11.7. The number of hydrogen-bond donors (Lipinski definition) is 1. The van der Waals surface area contributed by atoms with Crippen LogP contribution in [-0.4, -0.2) is 26.0 Å². The summed E-state index contributed by atoms with van der Waals surface area (Å²) in [5.41, 5.74) is 0.595. The topological polar surface area (TPSA) is 38.3 Å². The molecule has 4 heteroatoms. The lowest BCUT2D eigenvalue weighted by Crippen LogP contribution is -2.18. The lowest BCUT2D eigenvalue weighted by Gasteiger charge is -2.08. The molecule has 1 aliphatic rings. The second-order valence-corrected chi connectivity index (χ2v) is 4.82. The summed E-state index contributed by atoms with van der Waals surface area (Å²) in [4.78, 5) is 11.7. The highest BCUT2D eigenvalue weighted by Crippen LogP contribution is 2.30. The molecule has 0 bridgehead atoms. The largest absolute Gasteiger partial charge is 0.493 e. The summed E-state index contributed by atoms with van der Waals surface area (Å²) in [6.45, 7) is 1.03. The van der Waals surface area contributed by atoms with E-state index in [2.05, 4.69) is 5.32 Å². The van der Waals surface area contributed by atoms with Crippen molar-refractivity contribution in [2.24, 2.45) is 5.92 Å². The molecule has 0 spiro atoms. The Hall–Kier alpha value is -1.06. The van der Waals surface area contributed by atoms with Crippen molar-refractivity contribution in [3.05, 3.63) is 28.8 Å². The van der Waals surface area contributed by atoms with Crippen LogP contribution in [0.3, 0.4) is 0 Å². The zero-order chi connectivity index (χ0) is 12.3. The SMILES string of the molecule is CNCC(=O)c1cc(Cl)cc(OCC2CC2)c1. The first kappa shape index (κ1) is 12.4. The Morgan fingerprint density at radius 1 is 1.47 bits per heavy atom. The van der Waals surface area contributed by atoms with Gasteiger partial charge in [-0.15, -0.1) is 0 Å². The number of hydrogen-bond acceptors (Lipinski definition) is 3. The zero-order valence-corrected chi connectivity index (χ0v) is 10.6. The van der Waals surface area contributed by atoms with Crippen molar-refractivity contribution in [3.8, 4) is 5.75 Å². The van der Waals surface area contributed by atoms with Gasteiger partial charge in [0.05, 0.1) is 13.2 Å². The predicted octanol–water partition coefficient (Wildman–Crippen LogP) is 2.53. The van der Waals surface area contributed by atoms with Crippen LogP contribution in [0.1, 0.15) is 23.2 Å². The van der Waals surface area contributed by atoms with E-state index in [1.165, 1.54) is 12.8 Å². The number of likely N-dealkylation sites (N-methyl/N-ethyl adjacent to an activating group) is 1. The molecule has 1 saturated carbocycles. The fourth-order valence-electron chi connectivity index (χ4n) is 1.57. The highest BCUT2D eigenvalue weighted by atomic mass is 35.5. The molecule has 1 aliphatic carbocycles. The number of carbonyl (C=O) groups is 1. The van der Waals surface area contributed by atoms with Gasteiger partial charge >= 0.3 is 0 Å². The van der Waals surface area contributed by atoms with Crippen molar-refractivity contribution in [1.82, 2.24) is 5.32 Å². The Balaban J connectivity index is 2.07. The third-order valence-electron chi connectivity index (χ3n) is 2.71. The van der Waals surface area contributed by atoms with Crippen molar-refractivity contribution in [2.75, 3.05) is 20.2 Å². The third kappa shape index (κ3) is 3.72. The summed E-state index contributed by atoms with van der Waals surface area (Å²) >= 11 is 5.97. The molecule has 0 atom stereocenters. The predicted molar refractivity (Wildman–Crippen MR) is 67.9 cm³/mol. The highest BCUT2D eigenvalue weighted by Gasteiger charge is 2.22. The van der Waals surface area contributed by atoms with E-state index in [0.717, 1.165) is 6.61 Å². The first-order chi connectivity index (χ1) is 8.19. The molecule has 0 aromatic heterocycles. The smallest absolute Gasteiger partial charge is 0.176 e. The van der Waals surface area contributed by atoms with Gasteiger partial charge in [-0.1, -0.05) is 11.6 Å². The molecule has 0 heterocycles. The molecule has 0 aliphatic heterocycles. The van der Waals surface area contributed by atoms with Crippen LogP contribution in [0.2, 0.25) is 5.02 Å². The summed E-state index contributed by atoms with van der Waals surface area (Å²) in [6.07, 6.45) is 2.48. The second-order valence-electron chi connectivity index (χ2n) is 4.38. The number of ketones is 1. The van der Waals surface area contributed by atoms with Crippen molar-refractivity contribution in [3.63, 3.8) is 0 Å². The van der Waals surface area contributed by atoms with E-state index in [1.807, 2.05) is 0 Å². The molecule has 17 heavy (non-hydrogen) atoms. The number of carbonyl (C=O) groups excluding carboxylic acids is 1. The molecular formula is C13H16ClNO2. The average molecular weight is 254 g/mol. The minimum atomic E-state index is 0.0197. The first-order valence-corrected chi connectivity index (χ1v) is 6.18. The minimum absolute atomic E-state index is 0.0197. The summed E-state index contributed by atoms with van der Waals surface area (Å²) in [5, 5.41) is 3.37. The van der Waals surface area contributed by atoms with E-state index in [9.17, 15) is 4.79 Å². The van der Waals surface area contributed by atoms with Gasteiger partial charge < -0.3 is 10.1 Å². The lowest BCUT2D eigenvalue weighted by atomic mass is 10.1. The molecule has 1 aromatic carbocycles. The molecule has 1 fully saturated rings. The van der Waals surface area contributed by atoms with Gasteiger partial charge in [0.2, 0.25) is 0 Å². The third-order valence-corrected chi connectivity index (χ3v) is 2.93. The van der Waals surface area contributed by atoms with Crippen molar-refractivity contribution in [1.29, 1.82) is 0 Å². The van der Waals surface area contributed by atoms with Gasteiger partial charge in [0.25, 0.3) is 0 Å². The lowest BCUT2D eigenvalue weighted by molar-refractivity contribution is 0.0993. The molecule has 3 nitrogen and oxygen atoms in total. The number of halogens is 1. The van der Waals surface area contributed by atoms with E-state index in [0.29, 0.717) is 28.8 Å². The van der Waals surface area contributed by atoms with Crippen LogP contribution < -0.4 is 10.1 Å². The molecule has 1 aromatic rings. The van der Waals surface area contributed by atoms with E-state index in [4.69, 9.17) is 16.3 Å². The van der Waals surface area contributed by atoms with E-state index in [-0.39, 0.29) is 5.78 Å². The van der Waals surface area contributed by atoms with Gasteiger partial charge in [0, 0.05) is 10.6 Å². The molecule has 0 amide bonds. The minimum Gasteiger partial charge on any atom is -0.493 e. The standard InChI is InChI=1S/C13H16ClNO2/c1-15-7-13(16)10-4-11(14)6-12(5-10)17-8-9-2-3-9/h4-6,9,15H,2-3,7-8H2,1H3. The van der Waals surface area contributed by atoms with Gasteiger partial charge in [0.1, 0.15) is 5.75 Å². The molecular weight excluding hydrogens is 238 g/mol. The Morgan fingerprint density at radius 3 is 2.88 bits per heavy atom. The summed E-state index contributed by atoms with van der Waals surface area (Å²) in [7, 11) is 1.74. The van der Waals surface area contributed by atoms with E-state index in [1.54, 1.807) is 25.2 Å². The van der Waals surface area contributed by atoms with Gasteiger partial charge in [-0.3, -0.25) is 4.79 Å². The van der Waals surface area contributed by atoms with Crippen molar-refractivity contribution >= 4 is 17.4 Å². The summed E-state index contributed by atoms with van der Waals surface area (Å²) in [5.74, 6) is 1.39. The van der Waals surface area contributed by atoms with Gasteiger partial charge in [0.15, 0.2) is 5.78 Å². The van der Waals surface area contributed by atoms with Crippen LogP contribution in [0.15, 0.2) is 18.2 Å². The summed E-state index contributed by atoms with van der Waals surface area (Å²) in [6, 6.07) is 5.18. The van der Waals surface area contributed by atoms with Crippen LogP contribution in [0.5, 0.6) is 5.75 Å². The fraction of sp³-hybridized carbons (Fsp3) is 0.462. The van der Waals surface area contributed by atoms with Crippen LogP contribution in [0.4, 0.5) is 0 Å². The fourth-order valence-corrected chi connectivity index (χ4v) is 1.79.